The summed E-state index contributed by atoms with van der Waals surface area (Å²) in [7, 11) is 5.57. The maximum Gasteiger partial charge on any atom is 0.237 e. The zero-order valence-electron chi connectivity index (χ0n) is 28.4. The molecule has 1 spiro atoms. The molecule has 1 saturated heterocycles. The highest BCUT2D eigenvalue weighted by molar-refractivity contribution is 5.87. The Labute approximate surface area is 281 Å². The van der Waals surface area contributed by atoms with Crippen molar-refractivity contribution in [2.75, 3.05) is 65.4 Å². The fraction of sp³-hybridized carbons (Fsp3) is 0.500. The van der Waals surface area contributed by atoms with Gasteiger partial charge in [-0.15, -0.1) is 0 Å². The molecule has 3 aliphatic rings. The van der Waals surface area contributed by atoms with Crippen molar-refractivity contribution < 1.29 is 14.3 Å². The van der Waals surface area contributed by atoms with Crippen molar-refractivity contribution in [2.45, 2.75) is 51.1 Å². The molecule has 0 radical (unpaired) electrons. The van der Waals surface area contributed by atoms with Gasteiger partial charge in [0, 0.05) is 44.3 Å². The van der Waals surface area contributed by atoms with E-state index in [1.807, 2.05) is 66.0 Å². The number of amides is 2. The van der Waals surface area contributed by atoms with E-state index in [2.05, 4.69) is 42.0 Å². The van der Waals surface area contributed by atoms with E-state index in [9.17, 15) is 9.59 Å². The predicted octanol–water partition coefficient (Wildman–Crippen LogP) is 3.27. The lowest BCUT2D eigenvalue weighted by molar-refractivity contribution is -0.144. The molecular weight excluding hydrogens is 606 g/mol. The quantitative estimate of drug-likeness (QED) is 0.297. The summed E-state index contributed by atoms with van der Waals surface area (Å²) in [5.74, 6) is 2.03. The van der Waals surface area contributed by atoms with Gasteiger partial charge in [-0.25, -0.2) is 14.6 Å². The Morgan fingerprint density at radius 2 is 1.81 bits per heavy atom. The van der Waals surface area contributed by atoms with E-state index in [0.29, 0.717) is 45.8 Å². The Kier molecular flexibility index (Phi) is 8.76. The number of ether oxygens (including phenoxy) is 1. The SMILES string of the molecule is COc1ccc2c(c1)CCN(C(=O)CN(C)C)[C@]21CC[C@H](C(=O)N2CCN(c3ncnc4c3cnn4Cc3cccc(C)n3)CC2)CC1. The molecule has 48 heavy (non-hydrogen) atoms. The highest BCUT2D eigenvalue weighted by Gasteiger charge is 2.48. The van der Waals surface area contributed by atoms with Gasteiger partial charge >= 0.3 is 0 Å². The van der Waals surface area contributed by atoms with E-state index in [0.717, 1.165) is 66.1 Å². The fourth-order valence-electron chi connectivity index (χ4n) is 8.04. The van der Waals surface area contributed by atoms with E-state index in [1.165, 1.54) is 11.1 Å². The van der Waals surface area contributed by atoms with Crippen LogP contribution in [-0.4, -0.2) is 112 Å². The van der Waals surface area contributed by atoms with Gasteiger partial charge in [0.25, 0.3) is 0 Å². The van der Waals surface area contributed by atoms with Crippen LogP contribution in [0.2, 0.25) is 0 Å². The van der Waals surface area contributed by atoms with Crippen molar-refractivity contribution in [2.24, 2.45) is 5.92 Å². The predicted molar refractivity (Wildman–Crippen MR) is 183 cm³/mol. The van der Waals surface area contributed by atoms with Crippen LogP contribution in [0.3, 0.4) is 0 Å². The van der Waals surface area contributed by atoms with E-state index in [1.54, 1.807) is 13.4 Å². The number of hydrogen-bond acceptors (Lipinski definition) is 9. The Morgan fingerprint density at radius 3 is 2.54 bits per heavy atom. The van der Waals surface area contributed by atoms with E-state index < -0.39 is 0 Å². The van der Waals surface area contributed by atoms with Crippen LogP contribution < -0.4 is 9.64 Å². The number of aromatic nitrogens is 5. The van der Waals surface area contributed by atoms with Gasteiger partial charge in [-0.05, 0) is 88.5 Å². The second-order valence-electron chi connectivity index (χ2n) is 13.7. The van der Waals surface area contributed by atoms with E-state index >= 15 is 0 Å². The summed E-state index contributed by atoms with van der Waals surface area (Å²) < 4.78 is 7.40. The third-order valence-corrected chi connectivity index (χ3v) is 10.4. The van der Waals surface area contributed by atoms with Gasteiger partial charge in [0.15, 0.2) is 5.65 Å². The van der Waals surface area contributed by atoms with Crippen molar-refractivity contribution in [1.82, 2.24) is 39.4 Å². The first kappa shape index (κ1) is 32.0. The Hall–Kier alpha value is -4.58. The average Bonchev–Trinajstić information content (AvgIpc) is 3.50. The molecule has 2 amide bonds. The van der Waals surface area contributed by atoms with Gasteiger partial charge in [0.2, 0.25) is 11.8 Å². The molecule has 12 nitrogen and oxygen atoms in total. The minimum absolute atomic E-state index is 0.0455. The van der Waals surface area contributed by atoms with Crippen LogP contribution >= 0.6 is 0 Å². The summed E-state index contributed by atoms with van der Waals surface area (Å²) >= 11 is 0. The van der Waals surface area contributed by atoms with Gasteiger partial charge in [-0.3, -0.25) is 14.6 Å². The molecule has 3 aromatic heterocycles. The lowest BCUT2D eigenvalue weighted by Gasteiger charge is -2.52. The highest BCUT2D eigenvalue weighted by Crippen LogP contribution is 2.48. The third kappa shape index (κ3) is 5.98. The Balaban J connectivity index is 1.02. The van der Waals surface area contributed by atoms with Crippen LogP contribution in [0.4, 0.5) is 5.82 Å². The summed E-state index contributed by atoms with van der Waals surface area (Å²) in [6.07, 6.45) is 7.33. The van der Waals surface area contributed by atoms with Gasteiger partial charge < -0.3 is 24.3 Å². The summed E-state index contributed by atoms with van der Waals surface area (Å²) in [5, 5.41) is 5.52. The number of hydrogen-bond donors (Lipinski definition) is 0. The first-order valence-electron chi connectivity index (χ1n) is 17.0. The topological polar surface area (TPSA) is 113 Å². The molecule has 2 fully saturated rings. The second kappa shape index (κ2) is 13.1. The van der Waals surface area contributed by atoms with Gasteiger partial charge in [-0.2, -0.15) is 5.10 Å². The number of carbonyl (C=O) groups is 2. The number of pyridine rings is 1. The molecule has 0 unspecified atom stereocenters. The number of anilines is 1. The highest BCUT2D eigenvalue weighted by atomic mass is 16.5. The summed E-state index contributed by atoms with van der Waals surface area (Å²) in [6, 6.07) is 12.3. The first-order valence-corrected chi connectivity index (χ1v) is 17.0. The van der Waals surface area contributed by atoms with Crippen molar-refractivity contribution in [1.29, 1.82) is 0 Å². The summed E-state index contributed by atoms with van der Waals surface area (Å²) in [4.78, 5) is 49.6. The maximum absolute atomic E-state index is 13.9. The number of carbonyl (C=O) groups excluding carboxylic acids is 2. The monoisotopic (exact) mass is 651 g/mol. The summed E-state index contributed by atoms with van der Waals surface area (Å²) in [6.45, 7) is 6.26. The number of aryl methyl sites for hydroxylation is 1. The largest absolute Gasteiger partial charge is 0.497 e. The minimum atomic E-state index is -0.388. The number of nitrogens with zero attached hydrogens (tertiary/aromatic N) is 9. The molecule has 0 atom stereocenters. The van der Waals surface area contributed by atoms with Crippen molar-refractivity contribution in [3.8, 4) is 5.75 Å². The molecule has 252 valence electrons. The normalized spacial score (nSPS) is 21.2. The number of likely N-dealkylation sites (N-methyl/N-ethyl adjacent to an activating group) is 1. The lowest BCUT2D eigenvalue weighted by atomic mass is 9.68. The Morgan fingerprint density at radius 1 is 1.02 bits per heavy atom. The first-order chi connectivity index (χ1) is 23.3. The average molecular weight is 652 g/mol. The zero-order valence-corrected chi connectivity index (χ0v) is 28.4. The number of methoxy groups -OCH3 is 1. The molecule has 1 aliphatic carbocycles. The molecule has 5 heterocycles. The van der Waals surface area contributed by atoms with Gasteiger partial charge in [0.05, 0.1) is 43.0 Å². The molecular formula is C36H45N9O3. The summed E-state index contributed by atoms with van der Waals surface area (Å²) in [5.41, 5.74) is 4.76. The number of benzene rings is 1. The Bertz CT molecular complexity index is 1810. The van der Waals surface area contributed by atoms with E-state index in [-0.39, 0.29) is 23.3 Å². The lowest BCUT2D eigenvalue weighted by Crippen LogP contribution is -2.57. The van der Waals surface area contributed by atoms with Crippen LogP contribution in [0.25, 0.3) is 11.0 Å². The number of rotatable bonds is 7. The van der Waals surface area contributed by atoms with Crippen LogP contribution in [0.1, 0.15) is 48.2 Å². The molecule has 1 saturated carbocycles. The number of fused-ring (bicyclic) bond motifs is 3. The molecule has 4 aromatic rings. The van der Waals surface area contributed by atoms with Crippen LogP contribution in [-0.2, 0) is 28.1 Å². The minimum Gasteiger partial charge on any atom is -0.497 e. The van der Waals surface area contributed by atoms with Gasteiger partial charge in [-0.1, -0.05) is 12.1 Å². The van der Waals surface area contributed by atoms with Crippen LogP contribution in [0.15, 0.2) is 48.9 Å². The smallest absolute Gasteiger partial charge is 0.237 e. The van der Waals surface area contributed by atoms with Crippen LogP contribution in [0.5, 0.6) is 5.75 Å². The third-order valence-electron chi connectivity index (χ3n) is 10.4. The second-order valence-corrected chi connectivity index (χ2v) is 13.7. The maximum atomic E-state index is 13.9. The molecule has 0 bridgehead atoms. The van der Waals surface area contributed by atoms with Crippen molar-refractivity contribution in [3.05, 3.63) is 71.4 Å². The van der Waals surface area contributed by atoms with E-state index in [4.69, 9.17) is 4.74 Å². The number of piperazine rings is 1. The standard InChI is InChI=1S/C36H45N9O3/c1-25-6-5-7-28(40-25)22-45-34-30(21-39-45)33(37-24-38-34)42-16-18-43(19-17-42)35(47)26-10-13-36(14-11-26)31-9-8-29(48-4)20-27(31)12-15-44(36)32(46)23-41(2)3/h5-9,20-21,24,26H,10-19,22-23H2,1-4H3/t26-,36-. The fourth-order valence-corrected chi connectivity index (χ4v) is 8.04. The zero-order chi connectivity index (χ0) is 33.4. The van der Waals surface area contributed by atoms with Crippen molar-refractivity contribution in [3.63, 3.8) is 0 Å². The molecule has 1 aromatic carbocycles. The molecule has 7 rings (SSSR count). The van der Waals surface area contributed by atoms with Crippen LogP contribution in [0, 0.1) is 12.8 Å². The molecule has 12 heteroatoms. The molecule has 0 N–H and O–H groups in total. The molecule has 2 aliphatic heterocycles. The van der Waals surface area contributed by atoms with Crippen molar-refractivity contribution >= 4 is 28.7 Å². The van der Waals surface area contributed by atoms with Gasteiger partial charge in [0.1, 0.15) is 17.9 Å².